The molecule has 0 aliphatic rings. The first-order valence-corrected chi connectivity index (χ1v) is 2.82. The molecule has 1 atom stereocenters. The van der Waals surface area contributed by atoms with E-state index < -0.39 is 0 Å². The summed E-state index contributed by atoms with van der Waals surface area (Å²) in [6.07, 6.45) is 0. The monoisotopic (exact) mass is 144 g/mol. The molecule has 1 aromatic heterocycles. The van der Waals surface area contributed by atoms with Crippen LogP contribution in [0.2, 0.25) is 0 Å². The molecule has 0 fully saturated rings. The predicted octanol–water partition coefficient (Wildman–Crippen LogP) is -1.02. The van der Waals surface area contributed by atoms with Gasteiger partial charge in [0.05, 0.1) is 6.07 Å². The molecule has 4 nitrogen and oxygen atoms in total. The van der Waals surface area contributed by atoms with Crippen LogP contribution >= 0.6 is 9.24 Å². The Bertz CT molecular complexity index is 246. The summed E-state index contributed by atoms with van der Waals surface area (Å²) in [5.41, 5.74) is -0.0208. The van der Waals surface area contributed by atoms with Crippen LogP contribution in [0.3, 0.4) is 0 Å². The maximum atomic E-state index is 10.4. The summed E-state index contributed by atoms with van der Waals surface area (Å²) < 4.78 is 0. The van der Waals surface area contributed by atoms with Crippen LogP contribution < -0.4 is 11.1 Å². The average Bonchev–Trinajstić information content (AvgIpc) is 1.59. The predicted molar refractivity (Wildman–Crippen MR) is 35.9 cm³/mol. The lowest BCUT2D eigenvalue weighted by Crippen LogP contribution is -2.15. The van der Waals surface area contributed by atoms with Gasteiger partial charge in [-0.3, -0.25) is 4.79 Å². The first-order valence-electron chi connectivity index (χ1n) is 2.24. The molecule has 0 saturated heterocycles. The summed E-state index contributed by atoms with van der Waals surface area (Å²) in [5.74, 6) is -0.260. The third-order valence-corrected chi connectivity index (χ3v) is 1.02. The zero-order valence-electron chi connectivity index (χ0n) is 4.46. The zero-order chi connectivity index (χ0) is 6.85. The van der Waals surface area contributed by atoms with Crippen LogP contribution in [-0.4, -0.2) is 15.1 Å². The largest absolute Gasteiger partial charge is 0.493 e. The quantitative estimate of drug-likeness (QED) is 0.458. The van der Waals surface area contributed by atoms with Crippen molar-refractivity contribution < 1.29 is 5.11 Å². The molecule has 0 aromatic carbocycles. The van der Waals surface area contributed by atoms with E-state index in [-0.39, 0.29) is 11.4 Å². The number of aromatic nitrogens is 2. The van der Waals surface area contributed by atoms with E-state index in [2.05, 4.69) is 19.2 Å². The number of rotatable bonds is 0. The molecule has 0 spiro atoms. The van der Waals surface area contributed by atoms with Crippen LogP contribution in [0.25, 0.3) is 0 Å². The molecule has 1 unspecified atom stereocenters. The molecule has 0 saturated carbocycles. The highest BCUT2D eigenvalue weighted by atomic mass is 31.0. The van der Waals surface area contributed by atoms with Crippen molar-refractivity contribution >= 4 is 14.8 Å². The Labute approximate surface area is 53.2 Å². The van der Waals surface area contributed by atoms with Crippen molar-refractivity contribution in [2.45, 2.75) is 0 Å². The fourth-order valence-corrected chi connectivity index (χ4v) is 0.738. The van der Waals surface area contributed by atoms with Crippen molar-refractivity contribution in [3.05, 3.63) is 16.4 Å². The van der Waals surface area contributed by atoms with E-state index in [9.17, 15) is 4.79 Å². The lowest BCUT2D eigenvalue weighted by Gasteiger charge is -1.89. The molecule has 1 heterocycles. The smallest absolute Gasteiger partial charge is 0.254 e. The Morgan fingerprint density at radius 3 is 2.89 bits per heavy atom. The summed E-state index contributed by atoms with van der Waals surface area (Å²) >= 11 is 0. The fraction of sp³-hybridized carbons (Fsp3) is 0. The Morgan fingerprint density at radius 1 is 1.78 bits per heavy atom. The first kappa shape index (κ1) is 6.23. The molecule has 9 heavy (non-hydrogen) atoms. The van der Waals surface area contributed by atoms with Crippen molar-refractivity contribution in [2.75, 3.05) is 0 Å². The van der Waals surface area contributed by atoms with Gasteiger partial charge in [-0.1, -0.05) is 9.24 Å². The van der Waals surface area contributed by atoms with Gasteiger partial charge in [0.25, 0.3) is 5.56 Å². The highest BCUT2D eigenvalue weighted by Crippen LogP contribution is 1.92. The third kappa shape index (κ3) is 1.50. The minimum atomic E-state index is -0.354. The van der Waals surface area contributed by atoms with E-state index >= 15 is 0 Å². The minimum absolute atomic E-state index is 0.260. The van der Waals surface area contributed by atoms with Gasteiger partial charge in [0.15, 0.2) is 0 Å². The molecular weight excluding hydrogens is 139 g/mol. The third-order valence-electron chi connectivity index (χ3n) is 0.746. The van der Waals surface area contributed by atoms with Gasteiger partial charge in [-0.25, -0.2) is 0 Å². The minimum Gasteiger partial charge on any atom is -0.493 e. The standard InChI is InChI=1S/C4H5N2O2P/c7-2-1-3(8)6-4(9)5-2/h1H,9H2,(H2,5,6,7,8). The van der Waals surface area contributed by atoms with Crippen LogP contribution in [0, 0.1) is 0 Å². The maximum absolute atomic E-state index is 10.4. The molecule has 0 amide bonds. The van der Waals surface area contributed by atoms with E-state index in [1.165, 1.54) is 0 Å². The molecular formula is C4H5N2O2P. The summed E-state index contributed by atoms with van der Waals surface area (Å²) in [6, 6.07) is 1.01. The van der Waals surface area contributed by atoms with Crippen LogP contribution in [0.5, 0.6) is 5.88 Å². The molecule has 0 radical (unpaired) electrons. The van der Waals surface area contributed by atoms with E-state index in [0.29, 0.717) is 5.57 Å². The van der Waals surface area contributed by atoms with E-state index in [1.54, 1.807) is 0 Å². The number of hydrogen-bond acceptors (Lipinski definition) is 3. The maximum Gasteiger partial charge on any atom is 0.254 e. The zero-order valence-corrected chi connectivity index (χ0v) is 5.61. The molecule has 5 heteroatoms. The topological polar surface area (TPSA) is 66.0 Å². The Hall–Kier alpha value is -0.890. The van der Waals surface area contributed by atoms with Crippen molar-refractivity contribution in [1.29, 1.82) is 0 Å². The second-order valence-corrected chi connectivity index (χ2v) is 2.04. The van der Waals surface area contributed by atoms with Crippen LogP contribution in [0.4, 0.5) is 0 Å². The average molecular weight is 144 g/mol. The molecule has 1 rings (SSSR count). The normalized spacial score (nSPS) is 9.44. The number of aromatic amines is 1. The number of nitrogens with one attached hydrogen (secondary N) is 1. The molecule has 0 aliphatic heterocycles. The van der Waals surface area contributed by atoms with Gasteiger partial charge >= 0.3 is 0 Å². The van der Waals surface area contributed by atoms with Gasteiger partial charge in [0.2, 0.25) is 5.88 Å². The highest BCUT2D eigenvalue weighted by molar-refractivity contribution is 7.26. The summed E-state index contributed by atoms with van der Waals surface area (Å²) in [5, 5.41) is 8.65. The summed E-state index contributed by atoms with van der Waals surface area (Å²) in [6.45, 7) is 0. The van der Waals surface area contributed by atoms with E-state index in [0.717, 1.165) is 6.07 Å². The second-order valence-electron chi connectivity index (χ2n) is 1.49. The molecule has 0 aliphatic carbocycles. The number of aromatic hydroxyl groups is 1. The van der Waals surface area contributed by atoms with Crippen molar-refractivity contribution in [3.8, 4) is 5.88 Å². The fourth-order valence-electron chi connectivity index (χ4n) is 0.463. The van der Waals surface area contributed by atoms with Crippen molar-refractivity contribution in [1.82, 2.24) is 9.97 Å². The van der Waals surface area contributed by atoms with E-state index in [1.807, 2.05) is 0 Å². The Kier molecular flexibility index (Phi) is 1.49. The number of hydrogen-bond donors (Lipinski definition) is 2. The van der Waals surface area contributed by atoms with Crippen LogP contribution in [-0.2, 0) is 0 Å². The number of nitrogens with zero attached hydrogens (tertiary/aromatic N) is 1. The SMILES string of the molecule is O=c1cc(O)nc(P)[nH]1. The lowest BCUT2D eigenvalue weighted by atomic mass is 10.6. The Balaban J connectivity index is 3.33. The number of H-pyrrole nitrogens is 1. The Morgan fingerprint density at radius 2 is 2.44 bits per heavy atom. The van der Waals surface area contributed by atoms with E-state index in [4.69, 9.17) is 5.11 Å². The van der Waals surface area contributed by atoms with Gasteiger partial charge in [0, 0.05) is 0 Å². The molecule has 0 bridgehead atoms. The van der Waals surface area contributed by atoms with Gasteiger partial charge in [0.1, 0.15) is 5.57 Å². The van der Waals surface area contributed by atoms with Gasteiger partial charge in [-0.05, 0) is 0 Å². The second kappa shape index (κ2) is 2.15. The lowest BCUT2D eigenvalue weighted by molar-refractivity contribution is 0.453. The van der Waals surface area contributed by atoms with Crippen molar-refractivity contribution in [2.24, 2.45) is 0 Å². The highest BCUT2D eigenvalue weighted by Gasteiger charge is 1.91. The summed E-state index contributed by atoms with van der Waals surface area (Å²) in [7, 11) is 2.17. The molecule has 2 N–H and O–H groups in total. The van der Waals surface area contributed by atoms with Gasteiger partial charge in [-0.15, -0.1) is 0 Å². The van der Waals surface area contributed by atoms with Crippen LogP contribution in [0.1, 0.15) is 0 Å². The van der Waals surface area contributed by atoms with Crippen molar-refractivity contribution in [3.63, 3.8) is 0 Å². The summed E-state index contributed by atoms with van der Waals surface area (Å²) in [4.78, 5) is 16.3. The molecule has 48 valence electrons. The van der Waals surface area contributed by atoms with Crippen LogP contribution in [0.15, 0.2) is 10.9 Å². The van der Waals surface area contributed by atoms with Gasteiger partial charge in [-0.2, -0.15) is 4.98 Å². The molecule has 1 aromatic rings. The first-order chi connectivity index (χ1) is 4.18. The van der Waals surface area contributed by atoms with Gasteiger partial charge < -0.3 is 10.1 Å².